The number of carboxylic acid groups (broad SMARTS) is 1. The van der Waals surface area contributed by atoms with E-state index in [1.807, 2.05) is 0 Å². The number of hydrogen-bond donors (Lipinski definition) is 1. The fourth-order valence-corrected chi connectivity index (χ4v) is 1.42. The smallest absolute Gasteiger partial charge is 0.334 e. The summed E-state index contributed by atoms with van der Waals surface area (Å²) in [4.78, 5) is 25.3. The molecule has 6 nitrogen and oxygen atoms in total. The van der Waals surface area contributed by atoms with E-state index in [0.29, 0.717) is 6.54 Å². The van der Waals surface area contributed by atoms with Crippen LogP contribution in [0, 0.1) is 12.3 Å². The highest BCUT2D eigenvalue weighted by Crippen LogP contribution is 2.07. The Morgan fingerprint density at radius 2 is 2.38 bits per heavy atom. The minimum atomic E-state index is -1.06. The van der Waals surface area contributed by atoms with Crippen molar-refractivity contribution in [3.8, 4) is 12.3 Å². The molecule has 0 aromatic rings. The number of urea groups is 1. The van der Waals surface area contributed by atoms with Gasteiger partial charge in [0.15, 0.2) is 6.10 Å². The number of terminal acetylenes is 1. The van der Waals surface area contributed by atoms with Gasteiger partial charge in [0.2, 0.25) is 0 Å². The molecule has 16 heavy (non-hydrogen) atoms. The minimum absolute atomic E-state index is 0.0586. The number of morpholine rings is 1. The maximum Gasteiger partial charge on any atom is 0.334 e. The second kappa shape index (κ2) is 5.37. The predicted octanol–water partition coefficient (Wildman–Crippen LogP) is -0.543. The number of carbonyl (C=O) groups is 2. The molecule has 0 bridgehead atoms. The van der Waals surface area contributed by atoms with Crippen molar-refractivity contribution in [2.75, 3.05) is 33.3 Å². The first-order chi connectivity index (χ1) is 7.56. The predicted molar refractivity (Wildman–Crippen MR) is 55.8 cm³/mol. The monoisotopic (exact) mass is 226 g/mol. The third kappa shape index (κ3) is 2.87. The molecule has 1 saturated heterocycles. The van der Waals surface area contributed by atoms with Crippen LogP contribution < -0.4 is 0 Å². The molecular formula is C10H14N2O4. The number of ether oxygens (including phenoxy) is 1. The molecule has 0 spiro atoms. The fourth-order valence-electron chi connectivity index (χ4n) is 1.42. The average Bonchev–Trinajstić information content (AvgIpc) is 2.28. The van der Waals surface area contributed by atoms with Crippen LogP contribution >= 0.6 is 0 Å². The lowest BCUT2D eigenvalue weighted by atomic mass is 10.3. The van der Waals surface area contributed by atoms with Gasteiger partial charge in [-0.1, -0.05) is 5.92 Å². The van der Waals surface area contributed by atoms with Crippen LogP contribution in [0.2, 0.25) is 0 Å². The van der Waals surface area contributed by atoms with Gasteiger partial charge in [0.05, 0.1) is 19.7 Å². The largest absolute Gasteiger partial charge is 0.479 e. The molecule has 1 aliphatic rings. The molecule has 0 saturated carbocycles. The summed E-state index contributed by atoms with van der Waals surface area (Å²) in [6.45, 7) is 0.876. The highest BCUT2D eigenvalue weighted by molar-refractivity contribution is 5.77. The topological polar surface area (TPSA) is 70.1 Å². The molecule has 1 heterocycles. The Morgan fingerprint density at radius 1 is 1.69 bits per heavy atom. The lowest BCUT2D eigenvalue weighted by molar-refractivity contribution is -0.154. The zero-order valence-corrected chi connectivity index (χ0v) is 9.05. The summed E-state index contributed by atoms with van der Waals surface area (Å²) < 4.78 is 5.01. The average molecular weight is 226 g/mol. The Bertz CT molecular complexity index is 323. The Labute approximate surface area is 93.8 Å². The van der Waals surface area contributed by atoms with E-state index in [0.717, 1.165) is 0 Å². The molecule has 0 aromatic heterocycles. The van der Waals surface area contributed by atoms with E-state index in [-0.39, 0.29) is 25.7 Å². The van der Waals surface area contributed by atoms with E-state index >= 15 is 0 Å². The van der Waals surface area contributed by atoms with Crippen molar-refractivity contribution < 1.29 is 19.4 Å². The second-order valence-electron chi connectivity index (χ2n) is 3.49. The number of hydrogen-bond acceptors (Lipinski definition) is 3. The number of nitrogens with zero attached hydrogens (tertiary/aromatic N) is 2. The SMILES string of the molecule is C#CCN(C)C(=O)N1CCOC(C(=O)O)C1. The van der Waals surface area contributed by atoms with Crippen molar-refractivity contribution in [2.45, 2.75) is 6.10 Å². The van der Waals surface area contributed by atoms with Gasteiger partial charge in [-0.3, -0.25) is 0 Å². The summed E-state index contributed by atoms with van der Waals surface area (Å²) in [6, 6.07) is -0.271. The molecule has 1 N–H and O–H groups in total. The van der Waals surface area contributed by atoms with E-state index in [1.54, 1.807) is 7.05 Å². The zero-order chi connectivity index (χ0) is 12.1. The molecule has 0 aromatic carbocycles. The quantitative estimate of drug-likeness (QED) is 0.642. The van der Waals surface area contributed by atoms with Gasteiger partial charge in [-0.05, 0) is 0 Å². The highest BCUT2D eigenvalue weighted by atomic mass is 16.5. The molecule has 1 aliphatic heterocycles. The first-order valence-corrected chi connectivity index (χ1v) is 4.84. The number of carboxylic acids is 1. The van der Waals surface area contributed by atoms with Gasteiger partial charge in [-0.25, -0.2) is 9.59 Å². The molecule has 1 rings (SSSR count). The van der Waals surface area contributed by atoms with E-state index in [4.69, 9.17) is 16.3 Å². The lowest BCUT2D eigenvalue weighted by Gasteiger charge is -2.33. The third-order valence-corrected chi connectivity index (χ3v) is 2.27. The van der Waals surface area contributed by atoms with E-state index < -0.39 is 12.1 Å². The van der Waals surface area contributed by atoms with Gasteiger partial charge < -0.3 is 19.6 Å². The summed E-state index contributed by atoms with van der Waals surface area (Å²) in [5.41, 5.74) is 0. The molecule has 88 valence electrons. The standard InChI is InChI=1S/C10H14N2O4/c1-3-4-11(2)10(15)12-5-6-16-8(7-12)9(13)14/h1,8H,4-7H2,2H3,(H,13,14). The van der Waals surface area contributed by atoms with Gasteiger partial charge >= 0.3 is 12.0 Å². The fraction of sp³-hybridized carbons (Fsp3) is 0.600. The summed E-state index contributed by atoms with van der Waals surface area (Å²) in [6.07, 6.45) is 4.14. The molecule has 1 unspecified atom stereocenters. The Hall–Kier alpha value is -1.74. The summed E-state index contributed by atoms with van der Waals surface area (Å²) >= 11 is 0. The molecule has 6 heteroatoms. The van der Waals surface area contributed by atoms with Crippen molar-refractivity contribution in [2.24, 2.45) is 0 Å². The van der Waals surface area contributed by atoms with Crippen LogP contribution in [-0.4, -0.2) is 66.3 Å². The van der Waals surface area contributed by atoms with E-state index in [9.17, 15) is 9.59 Å². The van der Waals surface area contributed by atoms with Crippen LogP contribution in [-0.2, 0) is 9.53 Å². The van der Waals surface area contributed by atoms with Crippen LogP contribution in [0.25, 0.3) is 0 Å². The first kappa shape index (κ1) is 12.3. The third-order valence-electron chi connectivity index (χ3n) is 2.27. The first-order valence-electron chi connectivity index (χ1n) is 4.84. The lowest BCUT2D eigenvalue weighted by Crippen LogP contribution is -2.52. The van der Waals surface area contributed by atoms with Crippen molar-refractivity contribution in [1.29, 1.82) is 0 Å². The van der Waals surface area contributed by atoms with Crippen LogP contribution in [0.3, 0.4) is 0 Å². The molecule has 0 radical (unpaired) electrons. The maximum atomic E-state index is 11.8. The number of carbonyl (C=O) groups excluding carboxylic acids is 1. The molecule has 2 amide bonds. The molecule has 1 fully saturated rings. The molecular weight excluding hydrogens is 212 g/mol. The van der Waals surface area contributed by atoms with Gasteiger partial charge in [0.25, 0.3) is 0 Å². The van der Waals surface area contributed by atoms with Gasteiger partial charge in [0, 0.05) is 13.6 Å². The van der Waals surface area contributed by atoms with Crippen molar-refractivity contribution in [1.82, 2.24) is 9.80 Å². The Kier molecular flexibility index (Phi) is 4.14. The van der Waals surface area contributed by atoms with Gasteiger partial charge in [0.1, 0.15) is 0 Å². The van der Waals surface area contributed by atoms with Crippen molar-refractivity contribution in [3.05, 3.63) is 0 Å². The van der Waals surface area contributed by atoms with Gasteiger partial charge in [-0.15, -0.1) is 6.42 Å². The molecule has 0 aliphatic carbocycles. The second-order valence-corrected chi connectivity index (χ2v) is 3.49. The van der Waals surface area contributed by atoms with Crippen LogP contribution in [0.5, 0.6) is 0 Å². The number of amides is 2. The van der Waals surface area contributed by atoms with E-state index in [2.05, 4.69) is 5.92 Å². The number of rotatable bonds is 2. The summed E-state index contributed by atoms with van der Waals surface area (Å²) in [5, 5.41) is 8.77. The summed E-state index contributed by atoms with van der Waals surface area (Å²) in [5.74, 6) is 1.29. The van der Waals surface area contributed by atoms with E-state index in [1.165, 1.54) is 9.80 Å². The normalized spacial score (nSPS) is 20.0. The molecule has 1 atom stereocenters. The zero-order valence-electron chi connectivity index (χ0n) is 9.05. The van der Waals surface area contributed by atoms with Crippen LogP contribution in [0.15, 0.2) is 0 Å². The highest BCUT2D eigenvalue weighted by Gasteiger charge is 2.30. The Morgan fingerprint density at radius 3 is 2.94 bits per heavy atom. The Balaban J connectivity index is 2.57. The van der Waals surface area contributed by atoms with Crippen LogP contribution in [0.4, 0.5) is 4.79 Å². The number of aliphatic carboxylic acids is 1. The summed E-state index contributed by atoms with van der Waals surface area (Å²) in [7, 11) is 1.58. The minimum Gasteiger partial charge on any atom is -0.479 e. The van der Waals surface area contributed by atoms with Crippen molar-refractivity contribution in [3.63, 3.8) is 0 Å². The van der Waals surface area contributed by atoms with Crippen molar-refractivity contribution >= 4 is 12.0 Å². The van der Waals surface area contributed by atoms with Gasteiger partial charge in [-0.2, -0.15) is 0 Å². The van der Waals surface area contributed by atoms with Crippen LogP contribution in [0.1, 0.15) is 0 Å². The maximum absolute atomic E-state index is 11.8.